The zero-order valence-corrected chi connectivity index (χ0v) is 26.9. The van der Waals surface area contributed by atoms with E-state index in [2.05, 4.69) is 6.58 Å². The molecule has 14 heteroatoms. The molecule has 6 aliphatic rings. The predicted molar refractivity (Wildman–Crippen MR) is 154 cm³/mol. The lowest BCUT2D eigenvalue weighted by Gasteiger charge is -2.45. The Hall–Kier alpha value is -3.78. The van der Waals surface area contributed by atoms with E-state index in [0.717, 1.165) is 39.7 Å². The van der Waals surface area contributed by atoms with Crippen molar-refractivity contribution < 1.29 is 67.0 Å². The first-order chi connectivity index (χ1) is 22.0. The lowest BCUT2D eigenvalue weighted by atomic mass is 9.61. The molecule has 47 heavy (non-hydrogen) atoms. The summed E-state index contributed by atoms with van der Waals surface area (Å²) >= 11 is 0. The van der Waals surface area contributed by atoms with Gasteiger partial charge in [0.15, 0.2) is 12.2 Å². The standard InChI is InChI=1S/C33H40O14/c1-14-11-32-12-19(14)7-8-21(32)33-10-9-22(38)31(6,30(40)47-33)27(33)23(32)28(39)46-29-26(44-18(5)37)25(43-17(4)36)24(42-16(3)35)20(45-29)13-41-15(2)34/h9-10,19-27,29,38H,1,7-8,11-13H2,2-6H3/t19-,20-,21-,22+,23-,24-,25+,26-,27-,29+,31-,32+,33-/m1/s1. The van der Waals surface area contributed by atoms with Crippen molar-refractivity contribution in [2.45, 2.75) is 103 Å². The second-order valence-corrected chi connectivity index (χ2v) is 13.9. The topological polar surface area (TPSA) is 187 Å². The van der Waals surface area contributed by atoms with Gasteiger partial charge in [-0.15, -0.1) is 0 Å². The molecule has 4 bridgehead atoms. The highest BCUT2D eigenvalue weighted by Crippen LogP contribution is 2.77. The number of hydrogen-bond acceptors (Lipinski definition) is 14. The van der Waals surface area contributed by atoms with Gasteiger partial charge in [-0.05, 0) is 50.0 Å². The van der Waals surface area contributed by atoms with Gasteiger partial charge < -0.3 is 38.3 Å². The first-order valence-electron chi connectivity index (χ1n) is 15.8. The minimum absolute atomic E-state index is 0.153. The molecule has 3 saturated carbocycles. The van der Waals surface area contributed by atoms with Crippen LogP contribution in [0.3, 0.4) is 0 Å². The molecular formula is C33H40O14. The summed E-state index contributed by atoms with van der Waals surface area (Å²) in [4.78, 5) is 76.7. The van der Waals surface area contributed by atoms with Gasteiger partial charge in [-0.25, -0.2) is 0 Å². The van der Waals surface area contributed by atoms with E-state index < -0.39 is 107 Å². The molecule has 0 aromatic heterocycles. The molecule has 2 saturated heterocycles. The maximum atomic E-state index is 14.8. The molecule has 0 unspecified atom stereocenters. The van der Waals surface area contributed by atoms with Crippen molar-refractivity contribution in [3.63, 3.8) is 0 Å². The van der Waals surface area contributed by atoms with Gasteiger partial charge in [-0.1, -0.05) is 18.2 Å². The number of hydrogen-bond donors (Lipinski definition) is 1. The summed E-state index contributed by atoms with van der Waals surface area (Å²) in [5, 5.41) is 11.2. The second-order valence-electron chi connectivity index (χ2n) is 13.9. The lowest BCUT2D eigenvalue weighted by molar-refractivity contribution is -0.302. The number of rotatable bonds is 7. The van der Waals surface area contributed by atoms with E-state index in [-0.39, 0.29) is 11.8 Å². The van der Waals surface area contributed by atoms with Crippen molar-refractivity contribution in [2.75, 3.05) is 6.61 Å². The molecule has 13 atom stereocenters. The van der Waals surface area contributed by atoms with Crippen molar-refractivity contribution in [3.05, 3.63) is 24.3 Å². The smallest absolute Gasteiger partial charge is 0.316 e. The number of carbonyl (C=O) groups excluding carboxylic acids is 6. The van der Waals surface area contributed by atoms with Crippen molar-refractivity contribution in [3.8, 4) is 0 Å². The van der Waals surface area contributed by atoms with Gasteiger partial charge in [0.25, 0.3) is 0 Å². The van der Waals surface area contributed by atoms with Crippen LogP contribution in [-0.4, -0.2) is 89.9 Å². The van der Waals surface area contributed by atoms with Gasteiger partial charge in [0.2, 0.25) is 12.4 Å². The summed E-state index contributed by atoms with van der Waals surface area (Å²) in [6.07, 6.45) is -3.00. The normalized spacial score (nSPS) is 44.0. The van der Waals surface area contributed by atoms with Crippen molar-refractivity contribution >= 4 is 35.8 Å². The van der Waals surface area contributed by atoms with Gasteiger partial charge in [0.05, 0.1) is 12.0 Å². The summed E-state index contributed by atoms with van der Waals surface area (Å²) < 4.78 is 39.9. The largest absolute Gasteiger partial charge is 0.463 e. The Kier molecular flexibility index (Phi) is 8.06. The molecule has 2 aliphatic heterocycles. The third kappa shape index (κ3) is 4.97. The minimum atomic E-state index is -1.73. The number of esters is 6. The van der Waals surface area contributed by atoms with E-state index in [9.17, 15) is 33.9 Å². The Labute approximate surface area is 271 Å². The second kappa shape index (κ2) is 11.4. The summed E-state index contributed by atoms with van der Waals surface area (Å²) in [5.74, 6) is -6.49. The third-order valence-electron chi connectivity index (χ3n) is 11.2. The van der Waals surface area contributed by atoms with E-state index in [1.165, 1.54) is 0 Å². The first-order valence-corrected chi connectivity index (χ1v) is 15.8. The highest BCUT2D eigenvalue weighted by molar-refractivity contribution is 5.87. The number of carbonyl (C=O) groups is 6. The molecule has 0 radical (unpaired) electrons. The lowest BCUT2D eigenvalue weighted by Crippen LogP contribution is -2.63. The number of allylic oxidation sites excluding steroid dienone is 1. The molecule has 1 spiro atoms. The Morgan fingerprint density at radius 1 is 0.936 bits per heavy atom. The molecular weight excluding hydrogens is 620 g/mol. The molecule has 2 heterocycles. The monoisotopic (exact) mass is 660 g/mol. The molecule has 4 aliphatic carbocycles. The fourth-order valence-electron chi connectivity index (χ4n) is 9.60. The van der Waals surface area contributed by atoms with Gasteiger partial charge in [0.1, 0.15) is 23.7 Å². The molecule has 6 rings (SSSR count). The number of aliphatic hydroxyl groups excluding tert-OH is 1. The van der Waals surface area contributed by atoms with Crippen molar-refractivity contribution in [1.82, 2.24) is 0 Å². The number of aliphatic hydroxyl groups is 1. The van der Waals surface area contributed by atoms with E-state index >= 15 is 0 Å². The van der Waals surface area contributed by atoms with E-state index in [4.69, 9.17) is 33.2 Å². The van der Waals surface area contributed by atoms with Crippen molar-refractivity contribution in [1.29, 1.82) is 0 Å². The van der Waals surface area contributed by atoms with Gasteiger partial charge in [-0.2, -0.15) is 0 Å². The Bertz CT molecular complexity index is 1450. The van der Waals surface area contributed by atoms with E-state index in [1.54, 1.807) is 19.1 Å². The van der Waals surface area contributed by atoms with Crippen LogP contribution in [-0.2, 0) is 61.9 Å². The minimum Gasteiger partial charge on any atom is -0.463 e. The van der Waals surface area contributed by atoms with Crippen LogP contribution < -0.4 is 0 Å². The summed E-state index contributed by atoms with van der Waals surface area (Å²) in [7, 11) is 0. The fourth-order valence-corrected chi connectivity index (χ4v) is 9.60. The Morgan fingerprint density at radius 3 is 2.21 bits per heavy atom. The molecule has 256 valence electrons. The Balaban J connectivity index is 1.41. The molecule has 5 fully saturated rings. The fraction of sp³-hybridized carbons (Fsp3) is 0.697. The zero-order chi connectivity index (χ0) is 34.2. The van der Waals surface area contributed by atoms with Crippen LogP contribution in [0.5, 0.6) is 0 Å². The molecule has 0 aromatic carbocycles. The molecule has 1 N–H and O–H groups in total. The summed E-state index contributed by atoms with van der Waals surface area (Å²) in [6, 6.07) is 0. The SMILES string of the molecule is C=C1C[C@]23C[C@H]1CC[C@H]2[C@@]12C=C[C@H](O)[C@@](C)(C(=O)O1)[C@H]2[C@@H]3C(=O)O[C@@H]1O[C@H](COC(C)=O)[C@@H](OC(C)=O)[C@H](OC(C)=O)[C@H]1OC(C)=O. The maximum Gasteiger partial charge on any atom is 0.316 e. The first kappa shape index (κ1) is 33.1. The van der Waals surface area contributed by atoms with Crippen LogP contribution in [0.1, 0.15) is 60.3 Å². The number of ether oxygens (including phenoxy) is 7. The van der Waals surface area contributed by atoms with Crippen LogP contribution >= 0.6 is 0 Å². The molecule has 14 nitrogen and oxygen atoms in total. The zero-order valence-electron chi connectivity index (χ0n) is 26.9. The Morgan fingerprint density at radius 2 is 1.57 bits per heavy atom. The number of fused-ring (bicyclic) bond motifs is 1. The van der Waals surface area contributed by atoms with Gasteiger partial charge in [-0.3, -0.25) is 28.8 Å². The van der Waals surface area contributed by atoms with Gasteiger partial charge >= 0.3 is 35.8 Å². The van der Waals surface area contributed by atoms with Gasteiger partial charge in [0, 0.05) is 39.5 Å². The van der Waals surface area contributed by atoms with Crippen LogP contribution in [0.25, 0.3) is 0 Å². The van der Waals surface area contributed by atoms with Crippen LogP contribution in [0, 0.1) is 34.5 Å². The average molecular weight is 661 g/mol. The highest BCUT2D eigenvalue weighted by atomic mass is 16.7. The van der Waals surface area contributed by atoms with E-state index in [0.29, 0.717) is 19.3 Å². The van der Waals surface area contributed by atoms with Crippen LogP contribution in [0.15, 0.2) is 24.3 Å². The van der Waals surface area contributed by atoms with Crippen LogP contribution in [0.4, 0.5) is 0 Å². The quantitative estimate of drug-likeness (QED) is 0.235. The van der Waals surface area contributed by atoms with Crippen LogP contribution in [0.2, 0.25) is 0 Å². The summed E-state index contributed by atoms with van der Waals surface area (Å²) in [6.45, 7) is 9.83. The maximum absolute atomic E-state index is 14.8. The average Bonchev–Trinajstić information content (AvgIpc) is 3.44. The highest BCUT2D eigenvalue weighted by Gasteiger charge is 2.82. The predicted octanol–water partition coefficient (Wildman–Crippen LogP) is 1.45. The van der Waals surface area contributed by atoms with E-state index in [1.807, 2.05) is 0 Å². The van der Waals surface area contributed by atoms with Crippen molar-refractivity contribution in [2.24, 2.45) is 34.5 Å². The molecule has 0 aromatic rings. The summed E-state index contributed by atoms with van der Waals surface area (Å²) in [5.41, 5.74) is -2.36. The molecule has 0 amide bonds. The third-order valence-corrected chi connectivity index (χ3v) is 11.2.